The molecule has 0 saturated carbocycles. The van der Waals surface area contributed by atoms with E-state index in [0.29, 0.717) is 19.6 Å². The fourth-order valence-corrected chi connectivity index (χ4v) is 1.34. The highest BCUT2D eigenvalue weighted by Gasteiger charge is 2.03. The van der Waals surface area contributed by atoms with Crippen molar-refractivity contribution >= 4 is 5.91 Å². The van der Waals surface area contributed by atoms with E-state index in [0.717, 1.165) is 11.3 Å². The maximum absolute atomic E-state index is 10.8. The van der Waals surface area contributed by atoms with Crippen LogP contribution in [0.5, 0.6) is 0 Å². The van der Waals surface area contributed by atoms with Crippen LogP contribution in [0.3, 0.4) is 0 Å². The first-order valence-corrected chi connectivity index (χ1v) is 5.18. The van der Waals surface area contributed by atoms with Crippen LogP contribution in [0.1, 0.15) is 12.8 Å². The molecule has 4 nitrogen and oxygen atoms in total. The number of ether oxygens (including phenoxy) is 2. The molecular formula is C12H17NO3. The van der Waals surface area contributed by atoms with E-state index in [2.05, 4.69) is 0 Å². The Morgan fingerprint density at radius 3 is 3.00 bits per heavy atom. The Labute approximate surface area is 95.4 Å². The molecule has 0 aromatic rings. The van der Waals surface area contributed by atoms with Gasteiger partial charge in [-0.05, 0) is 11.6 Å². The van der Waals surface area contributed by atoms with Gasteiger partial charge in [0.25, 0.3) is 0 Å². The van der Waals surface area contributed by atoms with Crippen molar-refractivity contribution in [1.29, 1.82) is 0 Å². The predicted octanol–water partition coefficient (Wildman–Crippen LogP) is 1.30. The van der Waals surface area contributed by atoms with Gasteiger partial charge in [-0.3, -0.25) is 4.79 Å². The summed E-state index contributed by atoms with van der Waals surface area (Å²) in [5.74, 6) is 0.549. The van der Waals surface area contributed by atoms with Crippen LogP contribution in [0.15, 0.2) is 35.6 Å². The molecule has 0 aromatic carbocycles. The second-order valence-electron chi connectivity index (χ2n) is 3.46. The third kappa shape index (κ3) is 4.79. The monoisotopic (exact) mass is 223 g/mol. The van der Waals surface area contributed by atoms with Crippen molar-refractivity contribution in [1.82, 2.24) is 0 Å². The number of allylic oxidation sites excluding steroid dienone is 4. The lowest BCUT2D eigenvalue weighted by atomic mass is 10.1. The molecule has 0 saturated heterocycles. The summed E-state index contributed by atoms with van der Waals surface area (Å²) in [6.07, 6.45) is 8.53. The topological polar surface area (TPSA) is 61.6 Å². The first-order valence-electron chi connectivity index (χ1n) is 5.18. The molecule has 2 N–H and O–H groups in total. The normalized spacial score (nSPS) is 15.1. The molecule has 4 heteroatoms. The smallest absolute Gasteiger partial charge is 0.221 e. The third-order valence-electron chi connectivity index (χ3n) is 2.11. The van der Waals surface area contributed by atoms with E-state index in [4.69, 9.17) is 15.2 Å². The lowest BCUT2D eigenvalue weighted by Crippen LogP contribution is -2.10. The first kappa shape index (κ1) is 12.5. The molecule has 0 aromatic heterocycles. The lowest BCUT2D eigenvalue weighted by Gasteiger charge is -2.06. The van der Waals surface area contributed by atoms with Gasteiger partial charge in [0.15, 0.2) is 0 Å². The highest BCUT2D eigenvalue weighted by Crippen LogP contribution is 2.14. The second-order valence-corrected chi connectivity index (χ2v) is 3.46. The predicted molar refractivity (Wildman–Crippen MR) is 61.6 cm³/mol. The van der Waals surface area contributed by atoms with Crippen molar-refractivity contribution in [2.75, 3.05) is 20.3 Å². The van der Waals surface area contributed by atoms with Crippen molar-refractivity contribution in [3.8, 4) is 0 Å². The SMILES string of the molecule is COCCOC1=CC=CC(CC(N)=O)=CC1. The van der Waals surface area contributed by atoms with Gasteiger partial charge in [0.2, 0.25) is 5.91 Å². The zero-order chi connectivity index (χ0) is 11.8. The van der Waals surface area contributed by atoms with E-state index >= 15 is 0 Å². The van der Waals surface area contributed by atoms with E-state index < -0.39 is 0 Å². The summed E-state index contributed by atoms with van der Waals surface area (Å²) in [7, 11) is 1.63. The average Bonchev–Trinajstić information content (AvgIpc) is 2.44. The Morgan fingerprint density at radius 1 is 1.50 bits per heavy atom. The van der Waals surface area contributed by atoms with Gasteiger partial charge in [0.1, 0.15) is 6.61 Å². The highest BCUT2D eigenvalue weighted by molar-refractivity contribution is 5.77. The van der Waals surface area contributed by atoms with Crippen molar-refractivity contribution in [3.05, 3.63) is 35.6 Å². The minimum absolute atomic E-state index is 0.274. The summed E-state index contributed by atoms with van der Waals surface area (Å²) < 4.78 is 10.4. The molecule has 16 heavy (non-hydrogen) atoms. The van der Waals surface area contributed by atoms with Crippen LogP contribution in [0, 0.1) is 0 Å². The van der Waals surface area contributed by atoms with Gasteiger partial charge in [0.05, 0.1) is 18.8 Å². The fourth-order valence-electron chi connectivity index (χ4n) is 1.34. The van der Waals surface area contributed by atoms with Crippen molar-refractivity contribution in [2.45, 2.75) is 12.8 Å². The number of carbonyl (C=O) groups is 1. The fraction of sp³-hybridized carbons (Fsp3) is 0.417. The molecule has 0 unspecified atom stereocenters. The molecule has 0 fully saturated rings. The Morgan fingerprint density at radius 2 is 2.31 bits per heavy atom. The number of amides is 1. The van der Waals surface area contributed by atoms with Gasteiger partial charge in [-0.1, -0.05) is 18.2 Å². The number of rotatable bonds is 6. The molecule has 88 valence electrons. The summed E-state index contributed by atoms with van der Waals surface area (Å²) in [5, 5.41) is 0. The van der Waals surface area contributed by atoms with Crippen molar-refractivity contribution in [3.63, 3.8) is 0 Å². The molecule has 0 radical (unpaired) electrons. The highest BCUT2D eigenvalue weighted by atomic mass is 16.5. The summed E-state index contributed by atoms with van der Waals surface area (Å²) in [5.41, 5.74) is 6.05. The minimum Gasteiger partial charge on any atom is -0.495 e. The molecule has 0 bridgehead atoms. The molecule has 0 spiro atoms. The van der Waals surface area contributed by atoms with E-state index in [1.807, 2.05) is 24.3 Å². The number of carbonyl (C=O) groups excluding carboxylic acids is 1. The number of methoxy groups -OCH3 is 1. The number of hydrogen-bond acceptors (Lipinski definition) is 3. The molecule has 1 rings (SSSR count). The van der Waals surface area contributed by atoms with Gasteiger partial charge in [-0.25, -0.2) is 0 Å². The van der Waals surface area contributed by atoms with Crippen LogP contribution in [0.2, 0.25) is 0 Å². The molecule has 1 aliphatic rings. The van der Waals surface area contributed by atoms with Crippen molar-refractivity contribution in [2.24, 2.45) is 5.73 Å². The van der Waals surface area contributed by atoms with Crippen LogP contribution in [0.4, 0.5) is 0 Å². The lowest BCUT2D eigenvalue weighted by molar-refractivity contribution is -0.117. The summed E-state index contributed by atoms with van der Waals surface area (Å²) in [6.45, 7) is 1.11. The third-order valence-corrected chi connectivity index (χ3v) is 2.11. The van der Waals surface area contributed by atoms with Crippen LogP contribution >= 0.6 is 0 Å². The molecule has 0 atom stereocenters. The average molecular weight is 223 g/mol. The minimum atomic E-state index is -0.320. The summed E-state index contributed by atoms with van der Waals surface area (Å²) in [4.78, 5) is 10.8. The van der Waals surface area contributed by atoms with Crippen LogP contribution in [0.25, 0.3) is 0 Å². The van der Waals surface area contributed by atoms with E-state index in [-0.39, 0.29) is 12.3 Å². The van der Waals surface area contributed by atoms with E-state index in [1.54, 1.807) is 7.11 Å². The molecule has 0 heterocycles. The number of nitrogens with two attached hydrogens (primary N) is 1. The summed E-state index contributed by atoms with van der Waals surface area (Å²) in [6, 6.07) is 0. The molecule has 1 amide bonds. The molecular weight excluding hydrogens is 206 g/mol. The van der Waals surface area contributed by atoms with Gasteiger partial charge in [-0.15, -0.1) is 0 Å². The van der Waals surface area contributed by atoms with Gasteiger partial charge in [-0.2, -0.15) is 0 Å². The number of primary amides is 1. The maximum atomic E-state index is 10.8. The molecule has 0 aliphatic heterocycles. The van der Waals surface area contributed by atoms with E-state index in [9.17, 15) is 4.79 Å². The second kappa shape index (κ2) is 6.85. The maximum Gasteiger partial charge on any atom is 0.221 e. The van der Waals surface area contributed by atoms with Gasteiger partial charge < -0.3 is 15.2 Å². The van der Waals surface area contributed by atoms with Gasteiger partial charge >= 0.3 is 0 Å². The zero-order valence-corrected chi connectivity index (χ0v) is 9.44. The Bertz CT molecular complexity index is 329. The van der Waals surface area contributed by atoms with E-state index in [1.165, 1.54) is 0 Å². The standard InChI is InChI=1S/C12H17NO3/c1-15-7-8-16-11-4-2-3-10(5-6-11)9-12(13)14/h2-5H,6-9H2,1H3,(H2,13,14). The van der Waals surface area contributed by atoms with Gasteiger partial charge in [0, 0.05) is 13.5 Å². The zero-order valence-electron chi connectivity index (χ0n) is 9.44. The Kier molecular flexibility index (Phi) is 5.36. The molecule has 1 aliphatic carbocycles. The number of hydrogen-bond donors (Lipinski definition) is 1. The first-order chi connectivity index (χ1) is 7.72. The van der Waals surface area contributed by atoms with Crippen LogP contribution < -0.4 is 5.73 Å². The Hall–Kier alpha value is -1.55. The van der Waals surface area contributed by atoms with Crippen molar-refractivity contribution < 1.29 is 14.3 Å². The summed E-state index contributed by atoms with van der Waals surface area (Å²) >= 11 is 0. The quantitative estimate of drug-likeness (QED) is 0.690. The van der Waals surface area contributed by atoms with Crippen LogP contribution in [-0.4, -0.2) is 26.2 Å². The van der Waals surface area contributed by atoms with Crippen LogP contribution in [-0.2, 0) is 14.3 Å². The largest absolute Gasteiger partial charge is 0.495 e. The Balaban J connectivity index is 2.43.